The van der Waals surface area contributed by atoms with Crippen molar-refractivity contribution in [2.75, 3.05) is 16.0 Å². The molecular weight excluding hydrogens is 715 g/mol. The second-order valence-corrected chi connectivity index (χ2v) is 14.5. The molecule has 0 spiro atoms. The molecule has 0 aliphatic heterocycles. The van der Waals surface area contributed by atoms with E-state index in [2.05, 4.69) is 36.8 Å². The van der Waals surface area contributed by atoms with Gasteiger partial charge in [0, 0.05) is 23.1 Å². The predicted molar refractivity (Wildman–Crippen MR) is 204 cm³/mol. The van der Waals surface area contributed by atoms with E-state index in [0.717, 1.165) is 16.7 Å². The standard InChI is InChI=1S/C38H45FN8O8/c1-20-9-14-24(39)28(17-20)43-36(55)41-22-12-10-21(11-13-22)23-7-6-8-26-31(23)32(47-46-26)44-35(54)37(2,3)19-38(4,5)45-29(48)18-25(40)33(51)42-27(34(52)53)15-16-30(49)50/h6-14,17,25,27H,15-16,18-19,40H2,1-5H3,(H,42,51)(H,45,48)(H,49,50)(H,52,53)(H2,41,43,55)(H2,44,46,47,54)/t25-,27-/m0/s1. The van der Waals surface area contributed by atoms with Crippen LogP contribution in [0, 0.1) is 18.2 Å². The number of aryl methyl sites for hydroxylation is 1. The fraction of sp³-hybridized carbons (Fsp3) is 0.342. The number of fused-ring (bicyclic) bond motifs is 1. The van der Waals surface area contributed by atoms with Crippen molar-refractivity contribution in [2.24, 2.45) is 11.1 Å². The highest BCUT2D eigenvalue weighted by atomic mass is 19.1. The third-order valence-corrected chi connectivity index (χ3v) is 8.63. The van der Waals surface area contributed by atoms with E-state index in [0.29, 0.717) is 16.6 Å². The number of halogens is 1. The average Bonchev–Trinajstić information content (AvgIpc) is 3.50. The Bertz CT molecular complexity index is 2100. The molecule has 2 atom stereocenters. The van der Waals surface area contributed by atoms with Crippen LogP contribution in [0.2, 0.25) is 0 Å². The molecule has 17 heteroatoms. The molecule has 0 saturated heterocycles. The van der Waals surface area contributed by atoms with Crippen LogP contribution in [0.25, 0.3) is 22.0 Å². The van der Waals surface area contributed by atoms with Crippen LogP contribution in [-0.4, -0.2) is 73.7 Å². The van der Waals surface area contributed by atoms with Gasteiger partial charge in [-0.1, -0.05) is 44.2 Å². The Balaban J connectivity index is 1.39. The average molecular weight is 761 g/mol. The molecule has 0 unspecified atom stereocenters. The van der Waals surface area contributed by atoms with Crippen molar-refractivity contribution in [3.05, 3.63) is 72.0 Å². The van der Waals surface area contributed by atoms with Gasteiger partial charge in [-0.05, 0) is 80.6 Å². The summed E-state index contributed by atoms with van der Waals surface area (Å²) in [6.45, 7) is 8.58. The number of carbonyl (C=O) groups excluding carboxylic acids is 4. The molecule has 16 nitrogen and oxygen atoms in total. The topological polar surface area (TPSA) is 258 Å². The number of urea groups is 1. The van der Waals surface area contributed by atoms with Gasteiger partial charge in [0.25, 0.3) is 0 Å². The minimum atomic E-state index is -1.49. The van der Waals surface area contributed by atoms with E-state index in [1.54, 1.807) is 71.0 Å². The first-order valence-electron chi connectivity index (χ1n) is 17.3. The first-order chi connectivity index (χ1) is 25.7. The van der Waals surface area contributed by atoms with Crippen LogP contribution in [-0.2, 0) is 24.0 Å². The normalized spacial score (nSPS) is 12.6. The largest absolute Gasteiger partial charge is 0.481 e. The van der Waals surface area contributed by atoms with Crippen molar-refractivity contribution in [1.82, 2.24) is 20.8 Å². The number of carbonyl (C=O) groups is 6. The van der Waals surface area contributed by atoms with E-state index in [9.17, 15) is 38.3 Å². The maximum Gasteiger partial charge on any atom is 0.326 e. The van der Waals surface area contributed by atoms with Crippen LogP contribution in [0.15, 0.2) is 60.7 Å². The number of benzene rings is 3. The summed E-state index contributed by atoms with van der Waals surface area (Å²) in [5, 5.41) is 39.1. The summed E-state index contributed by atoms with van der Waals surface area (Å²) in [5.41, 5.74) is 7.28. The molecule has 55 heavy (non-hydrogen) atoms. The van der Waals surface area contributed by atoms with Crippen molar-refractivity contribution in [3.8, 4) is 11.1 Å². The number of aromatic nitrogens is 2. The van der Waals surface area contributed by atoms with E-state index in [4.69, 9.17) is 10.8 Å². The summed E-state index contributed by atoms with van der Waals surface area (Å²) in [6.07, 6.45) is -1.20. The molecule has 292 valence electrons. The lowest BCUT2D eigenvalue weighted by Gasteiger charge is -2.34. The van der Waals surface area contributed by atoms with E-state index in [1.807, 2.05) is 12.1 Å². The molecule has 4 aromatic rings. The summed E-state index contributed by atoms with van der Waals surface area (Å²) in [5.74, 6) is -4.90. The summed E-state index contributed by atoms with van der Waals surface area (Å²) >= 11 is 0. The van der Waals surface area contributed by atoms with Crippen molar-refractivity contribution in [3.63, 3.8) is 0 Å². The first-order valence-corrected chi connectivity index (χ1v) is 17.3. The molecule has 0 aliphatic rings. The lowest BCUT2D eigenvalue weighted by molar-refractivity contribution is -0.143. The number of hydrogen-bond acceptors (Lipinski definition) is 8. The highest BCUT2D eigenvalue weighted by Gasteiger charge is 2.37. The van der Waals surface area contributed by atoms with Gasteiger partial charge < -0.3 is 42.5 Å². The highest BCUT2D eigenvalue weighted by molar-refractivity contribution is 6.08. The number of H-pyrrole nitrogens is 1. The Labute approximate surface area is 315 Å². The molecule has 0 saturated carbocycles. The van der Waals surface area contributed by atoms with Crippen LogP contribution >= 0.6 is 0 Å². The quantitative estimate of drug-likeness (QED) is 0.0759. The minimum absolute atomic E-state index is 0.0559. The Morgan fingerprint density at radius 2 is 1.62 bits per heavy atom. The zero-order valence-corrected chi connectivity index (χ0v) is 31.0. The number of carboxylic acid groups (broad SMARTS) is 2. The fourth-order valence-electron chi connectivity index (χ4n) is 6.19. The molecule has 4 rings (SSSR count). The lowest BCUT2D eigenvalue weighted by Crippen LogP contribution is -2.52. The van der Waals surface area contributed by atoms with Crippen molar-refractivity contribution >= 4 is 63.8 Å². The number of anilines is 3. The molecule has 0 bridgehead atoms. The van der Waals surface area contributed by atoms with Gasteiger partial charge in [0.1, 0.15) is 11.9 Å². The highest BCUT2D eigenvalue weighted by Crippen LogP contribution is 2.35. The van der Waals surface area contributed by atoms with E-state index >= 15 is 0 Å². The van der Waals surface area contributed by atoms with E-state index in [1.165, 1.54) is 12.1 Å². The monoisotopic (exact) mass is 760 g/mol. The van der Waals surface area contributed by atoms with Gasteiger partial charge in [0.05, 0.1) is 29.1 Å². The van der Waals surface area contributed by atoms with Gasteiger partial charge in [-0.3, -0.25) is 24.3 Å². The third-order valence-electron chi connectivity index (χ3n) is 8.63. The van der Waals surface area contributed by atoms with Gasteiger partial charge in [-0.25, -0.2) is 14.0 Å². The predicted octanol–water partition coefficient (Wildman–Crippen LogP) is 4.72. The molecule has 3 aromatic carbocycles. The number of amides is 5. The number of rotatable bonds is 16. The Kier molecular flexibility index (Phi) is 12.9. The Morgan fingerprint density at radius 1 is 0.927 bits per heavy atom. The molecule has 0 aliphatic carbocycles. The summed E-state index contributed by atoms with van der Waals surface area (Å²) in [7, 11) is 0. The molecule has 5 amide bonds. The number of nitrogens with two attached hydrogens (primary N) is 1. The van der Waals surface area contributed by atoms with Crippen LogP contribution in [0.4, 0.5) is 26.4 Å². The van der Waals surface area contributed by atoms with Crippen molar-refractivity contribution in [2.45, 2.75) is 77.9 Å². The maximum atomic E-state index is 14.1. The van der Waals surface area contributed by atoms with Crippen LogP contribution in [0.1, 0.15) is 58.9 Å². The summed E-state index contributed by atoms with van der Waals surface area (Å²) < 4.78 is 14.1. The maximum absolute atomic E-state index is 14.1. The zero-order chi connectivity index (χ0) is 40.7. The summed E-state index contributed by atoms with van der Waals surface area (Å²) in [4.78, 5) is 73.9. The van der Waals surface area contributed by atoms with Crippen molar-refractivity contribution in [1.29, 1.82) is 0 Å². The van der Waals surface area contributed by atoms with E-state index in [-0.39, 0.29) is 24.3 Å². The van der Waals surface area contributed by atoms with Crippen molar-refractivity contribution < 1.29 is 43.4 Å². The Hall–Kier alpha value is -6.36. The molecule has 10 N–H and O–H groups in total. The molecule has 1 heterocycles. The fourth-order valence-corrected chi connectivity index (χ4v) is 6.19. The number of nitrogens with one attached hydrogen (secondary N) is 6. The van der Waals surface area contributed by atoms with Gasteiger partial charge >= 0.3 is 18.0 Å². The Morgan fingerprint density at radius 3 is 2.27 bits per heavy atom. The lowest BCUT2D eigenvalue weighted by atomic mass is 9.79. The second-order valence-electron chi connectivity index (χ2n) is 14.5. The number of carboxylic acids is 2. The zero-order valence-electron chi connectivity index (χ0n) is 31.0. The minimum Gasteiger partial charge on any atom is -0.481 e. The van der Waals surface area contributed by atoms with Crippen LogP contribution < -0.4 is 32.3 Å². The first kappa shape index (κ1) is 41.4. The van der Waals surface area contributed by atoms with Gasteiger partial charge in [0.15, 0.2) is 5.82 Å². The number of nitrogens with zero attached hydrogens (tertiary/aromatic N) is 1. The smallest absolute Gasteiger partial charge is 0.326 e. The number of hydrogen-bond donors (Lipinski definition) is 9. The molecule has 0 radical (unpaired) electrons. The van der Waals surface area contributed by atoms with Gasteiger partial charge in [-0.2, -0.15) is 5.10 Å². The third kappa shape index (κ3) is 11.3. The van der Waals surface area contributed by atoms with Crippen LogP contribution in [0.3, 0.4) is 0 Å². The SMILES string of the molecule is Cc1ccc(F)c(NC(=O)Nc2ccc(-c3cccc4[nH]nc(NC(=O)C(C)(C)CC(C)(C)NC(=O)C[C@H](N)C(=O)N[C@@H](CCC(=O)O)C(=O)O)c34)cc2)c1. The van der Waals surface area contributed by atoms with Gasteiger partial charge in [0.2, 0.25) is 17.7 Å². The number of aromatic amines is 1. The van der Waals surface area contributed by atoms with Gasteiger partial charge in [-0.15, -0.1) is 0 Å². The molecule has 0 fully saturated rings. The van der Waals surface area contributed by atoms with Crippen LogP contribution in [0.5, 0.6) is 0 Å². The second kappa shape index (κ2) is 17.2. The van der Waals surface area contributed by atoms with E-state index < -0.39 is 77.4 Å². The molecular formula is C38H45FN8O8. The molecule has 1 aromatic heterocycles. The number of aliphatic carboxylic acids is 2. The summed E-state index contributed by atoms with van der Waals surface area (Å²) in [6, 6.07) is 13.3.